The second kappa shape index (κ2) is 3.13. The van der Waals surface area contributed by atoms with Gasteiger partial charge in [-0.15, -0.1) is 21.5 Å². The first kappa shape index (κ1) is 6.15. The van der Waals surface area contributed by atoms with Crippen molar-refractivity contribution in [3.63, 3.8) is 0 Å². The van der Waals surface area contributed by atoms with Gasteiger partial charge in [-0.3, -0.25) is 4.79 Å². The Morgan fingerprint density at radius 2 is 2.78 bits per heavy atom. The summed E-state index contributed by atoms with van der Waals surface area (Å²) in [5.74, 6) is 0. The number of aromatic nitrogens is 2. The van der Waals surface area contributed by atoms with Gasteiger partial charge in [-0.25, -0.2) is 0 Å². The summed E-state index contributed by atoms with van der Waals surface area (Å²) in [4.78, 5) is 9.75. The van der Waals surface area contributed by atoms with Crippen LogP contribution >= 0.6 is 11.3 Å². The Bertz CT molecular complexity index is 174. The van der Waals surface area contributed by atoms with E-state index in [1.165, 1.54) is 11.3 Å². The molecule has 0 aliphatic carbocycles. The summed E-state index contributed by atoms with van der Waals surface area (Å²) >= 11 is 1.42. The van der Waals surface area contributed by atoms with E-state index in [-0.39, 0.29) is 0 Å². The second-order valence-corrected chi connectivity index (χ2v) is 2.25. The van der Waals surface area contributed by atoms with Crippen LogP contribution in [0.3, 0.4) is 0 Å². The van der Waals surface area contributed by atoms with E-state index < -0.39 is 0 Å². The molecule has 48 valence electrons. The maximum absolute atomic E-state index is 9.75. The highest BCUT2D eigenvalue weighted by Crippen LogP contribution is 1.98. The molecule has 0 bridgehead atoms. The summed E-state index contributed by atoms with van der Waals surface area (Å²) in [5.41, 5.74) is 1.63. The van der Waals surface area contributed by atoms with Crippen molar-refractivity contribution in [1.29, 1.82) is 0 Å². The number of nitrogens with zero attached hydrogens (tertiary/aromatic N) is 2. The van der Waals surface area contributed by atoms with Gasteiger partial charge in [-0.1, -0.05) is 0 Å². The molecule has 0 atom stereocenters. The van der Waals surface area contributed by atoms with Crippen LogP contribution in [0.1, 0.15) is 5.01 Å². The van der Waals surface area contributed by atoms with Gasteiger partial charge in [0.1, 0.15) is 10.5 Å². The van der Waals surface area contributed by atoms with Crippen LogP contribution in [0.2, 0.25) is 0 Å². The van der Waals surface area contributed by atoms with E-state index in [1.54, 1.807) is 5.51 Å². The second-order valence-electron chi connectivity index (χ2n) is 1.33. The molecule has 1 amide bonds. The molecule has 0 aromatic carbocycles. The fourth-order valence-electron chi connectivity index (χ4n) is 0.402. The first-order valence-corrected chi connectivity index (χ1v) is 3.23. The lowest BCUT2D eigenvalue weighted by atomic mass is 10.7. The average molecular weight is 143 g/mol. The fourth-order valence-corrected chi connectivity index (χ4v) is 0.879. The predicted molar refractivity (Wildman–Crippen MR) is 32.8 cm³/mol. The van der Waals surface area contributed by atoms with Crippen LogP contribution in [0, 0.1) is 0 Å². The summed E-state index contributed by atoms with van der Waals surface area (Å²) in [6, 6.07) is 0. The molecule has 0 fully saturated rings. The lowest BCUT2D eigenvalue weighted by Crippen LogP contribution is -2.09. The van der Waals surface area contributed by atoms with Gasteiger partial charge in [0.15, 0.2) is 0 Å². The first-order valence-electron chi connectivity index (χ1n) is 2.35. The van der Waals surface area contributed by atoms with Crippen LogP contribution in [0.25, 0.3) is 0 Å². The average Bonchev–Trinajstić information content (AvgIpc) is 2.34. The lowest BCUT2D eigenvalue weighted by Gasteiger charge is -1.87. The molecule has 0 unspecified atom stereocenters. The zero-order chi connectivity index (χ0) is 6.53. The number of hydrogen-bond acceptors (Lipinski definition) is 4. The summed E-state index contributed by atoms with van der Waals surface area (Å²) in [7, 11) is 0. The number of hydrogen-bond donors (Lipinski definition) is 1. The van der Waals surface area contributed by atoms with Crippen LogP contribution in [-0.4, -0.2) is 16.6 Å². The van der Waals surface area contributed by atoms with Crippen molar-refractivity contribution in [3.05, 3.63) is 10.5 Å². The molecule has 1 aromatic heterocycles. The van der Waals surface area contributed by atoms with Gasteiger partial charge in [0.25, 0.3) is 0 Å². The van der Waals surface area contributed by atoms with E-state index in [0.717, 1.165) is 5.01 Å². The van der Waals surface area contributed by atoms with E-state index in [0.29, 0.717) is 13.0 Å². The Morgan fingerprint density at radius 1 is 1.89 bits per heavy atom. The molecular formula is C4H5N3OS. The predicted octanol–water partition coefficient (Wildman–Crippen LogP) is -0.216. The Morgan fingerprint density at radius 3 is 3.33 bits per heavy atom. The molecule has 1 N–H and O–H groups in total. The van der Waals surface area contributed by atoms with Gasteiger partial charge in [-0.2, -0.15) is 0 Å². The maximum atomic E-state index is 9.75. The molecule has 0 aliphatic rings. The summed E-state index contributed by atoms with van der Waals surface area (Å²) in [6.07, 6.45) is 0.640. The highest BCUT2D eigenvalue weighted by Gasteiger charge is 1.91. The molecule has 9 heavy (non-hydrogen) atoms. The number of carbonyl (C=O) groups excluding carboxylic acids is 1. The van der Waals surface area contributed by atoms with E-state index in [1.807, 2.05) is 0 Å². The van der Waals surface area contributed by atoms with E-state index in [2.05, 4.69) is 15.5 Å². The zero-order valence-corrected chi connectivity index (χ0v) is 5.39. The third kappa shape index (κ3) is 1.77. The van der Waals surface area contributed by atoms with Crippen LogP contribution in [-0.2, 0) is 11.3 Å². The van der Waals surface area contributed by atoms with Crippen LogP contribution < -0.4 is 5.32 Å². The highest BCUT2D eigenvalue weighted by atomic mass is 32.1. The first-order chi connectivity index (χ1) is 4.43. The van der Waals surface area contributed by atoms with Gasteiger partial charge < -0.3 is 5.32 Å². The Balaban J connectivity index is 2.38. The van der Waals surface area contributed by atoms with Gasteiger partial charge >= 0.3 is 0 Å². The maximum Gasteiger partial charge on any atom is 0.207 e. The summed E-state index contributed by atoms with van der Waals surface area (Å²) in [5, 5.41) is 10.6. The van der Waals surface area contributed by atoms with Crippen molar-refractivity contribution in [3.8, 4) is 0 Å². The fraction of sp³-hybridized carbons (Fsp3) is 0.250. The van der Waals surface area contributed by atoms with Gasteiger partial charge in [0.05, 0.1) is 6.54 Å². The van der Waals surface area contributed by atoms with Gasteiger partial charge in [0.2, 0.25) is 6.41 Å². The van der Waals surface area contributed by atoms with E-state index in [4.69, 9.17) is 0 Å². The van der Waals surface area contributed by atoms with Crippen molar-refractivity contribution in [2.75, 3.05) is 0 Å². The Hall–Kier alpha value is -0.970. The monoisotopic (exact) mass is 143 g/mol. The van der Waals surface area contributed by atoms with E-state index >= 15 is 0 Å². The number of nitrogens with one attached hydrogen (secondary N) is 1. The standard InChI is InChI=1S/C4H5N3OS/c8-2-5-1-4-7-6-3-9-4/h2-3H,1H2,(H,5,8). The van der Waals surface area contributed by atoms with Crippen LogP contribution in [0.5, 0.6) is 0 Å². The van der Waals surface area contributed by atoms with Crippen molar-refractivity contribution in [1.82, 2.24) is 15.5 Å². The molecule has 0 aliphatic heterocycles. The molecule has 0 spiro atoms. The van der Waals surface area contributed by atoms with Crippen molar-refractivity contribution < 1.29 is 4.79 Å². The third-order valence-electron chi connectivity index (χ3n) is 0.742. The van der Waals surface area contributed by atoms with Crippen molar-refractivity contribution >= 4 is 17.7 Å². The molecule has 0 saturated heterocycles. The smallest absolute Gasteiger partial charge is 0.207 e. The van der Waals surface area contributed by atoms with Gasteiger partial charge in [0, 0.05) is 0 Å². The normalized spacial score (nSPS) is 8.89. The van der Waals surface area contributed by atoms with Crippen LogP contribution in [0.4, 0.5) is 0 Å². The minimum absolute atomic E-state index is 0.480. The largest absolute Gasteiger partial charge is 0.352 e. The Labute approximate surface area is 55.9 Å². The lowest BCUT2D eigenvalue weighted by molar-refractivity contribution is -0.109. The van der Waals surface area contributed by atoms with Crippen molar-refractivity contribution in [2.45, 2.75) is 6.54 Å². The highest BCUT2D eigenvalue weighted by molar-refractivity contribution is 7.09. The quantitative estimate of drug-likeness (QED) is 0.595. The third-order valence-corrected chi connectivity index (χ3v) is 1.44. The molecule has 4 nitrogen and oxygen atoms in total. The summed E-state index contributed by atoms with van der Waals surface area (Å²) < 4.78 is 0. The van der Waals surface area contributed by atoms with Crippen molar-refractivity contribution in [2.24, 2.45) is 0 Å². The molecule has 1 aromatic rings. The number of carbonyl (C=O) groups is 1. The minimum Gasteiger partial charge on any atom is -0.352 e. The van der Waals surface area contributed by atoms with E-state index in [9.17, 15) is 4.79 Å². The number of amides is 1. The number of rotatable bonds is 3. The molecule has 0 saturated carbocycles. The SMILES string of the molecule is O=CNCc1nncs1. The zero-order valence-electron chi connectivity index (χ0n) is 4.57. The molecule has 1 heterocycles. The molecule has 5 heteroatoms. The minimum atomic E-state index is 0.480. The van der Waals surface area contributed by atoms with Crippen LogP contribution in [0.15, 0.2) is 5.51 Å². The van der Waals surface area contributed by atoms with Gasteiger partial charge in [-0.05, 0) is 0 Å². The summed E-state index contributed by atoms with van der Waals surface area (Å²) in [6.45, 7) is 0.480. The topological polar surface area (TPSA) is 54.9 Å². The molecular weight excluding hydrogens is 138 g/mol. The molecule has 1 rings (SSSR count). The Kier molecular flexibility index (Phi) is 2.14. The molecule has 0 radical (unpaired) electrons.